The molecule has 0 bridgehead atoms. The van der Waals surface area contributed by atoms with E-state index in [2.05, 4.69) is 20.6 Å². The Morgan fingerprint density at radius 2 is 1.86 bits per heavy atom. The molecule has 2 amide bonds. The van der Waals surface area contributed by atoms with Gasteiger partial charge in [0.1, 0.15) is 5.69 Å². The average molecular weight is 405 g/mol. The molecule has 0 aliphatic carbocycles. The number of hydrogen-bond donors (Lipinski definition) is 3. The monoisotopic (exact) mass is 404 g/mol. The first-order chi connectivity index (χ1) is 14.1. The maximum atomic E-state index is 12.6. The average Bonchev–Trinajstić information content (AvgIpc) is 3.16. The highest BCUT2D eigenvalue weighted by molar-refractivity contribution is 6.31. The number of pyridine rings is 1. The highest BCUT2D eigenvalue weighted by Crippen LogP contribution is 2.21. The summed E-state index contributed by atoms with van der Waals surface area (Å²) in [5, 5.41) is 7.08. The summed E-state index contributed by atoms with van der Waals surface area (Å²) in [4.78, 5) is 32.2. The van der Waals surface area contributed by atoms with Gasteiger partial charge in [0.25, 0.3) is 11.8 Å². The van der Waals surface area contributed by atoms with Gasteiger partial charge in [0.05, 0.1) is 12.2 Å². The summed E-state index contributed by atoms with van der Waals surface area (Å²) in [7, 11) is 0. The van der Waals surface area contributed by atoms with Crippen molar-refractivity contribution < 1.29 is 9.59 Å². The second kappa shape index (κ2) is 8.16. The normalized spacial score (nSPS) is 10.7. The fourth-order valence-electron chi connectivity index (χ4n) is 2.94. The van der Waals surface area contributed by atoms with Crippen molar-refractivity contribution >= 4 is 40.0 Å². The van der Waals surface area contributed by atoms with Crippen molar-refractivity contribution in [3.63, 3.8) is 0 Å². The van der Waals surface area contributed by atoms with Crippen LogP contribution in [0.4, 0.5) is 5.69 Å². The van der Waals surface area contributed by atoms with Crippen LogP contribution in [0.3, 0.4) is 0 Å². The van der Waals surface area contributed by atoms with E-state index in [-0.39, 0.29) is 11.8 Å². The molecule has 0 unspecified atom stereocenters. The highest BCUT2D eigenvalue weighted by Gasteiger charge is 2.12. The smallest absolute Gasteiger partial charge is 0.272 e. The molecule has 0 radical (unpaired) electrons. The Kier molecular flexibility index (Phi) is 5.27. The molecule has 2 aromatic heterocycles. The van der Waals surface area contributed by atoms with Crippen LogP contribution in [-0.4, -0.2) is 21.8 Å². The summed E-state index contributed by atoms with van der Waals surface area (Å²) in [5.41, 5.74) is 2.97. The first kappa shape index (κ1) is 18.7. The SMILES string of the molecule is O=C(NCc1ccccn1)c1cccc(NC(=O)c2cc3cc(Cl)ccc3[nH]2)c1. The van der Waals surface area contributed by atoms with Gasteiger partial charge in [0, 0.05) is 33.4 Å². The molecule has 29 heavy (non-hydrogen) atoms. The van der Waals surface area contributed by atoms with Gasteiger partial charge in [-0.1, -0.05) is 23.7 Å². The van der Waals surface area contributed by atoms with Crippen LogP contribution in [0.1, 0.15) is 26.5 Å². The van der Waals surface area contributed by atoms with E-state index in [1.165, 1.54) is 0 Å². The topological polar surface area (TPSA) is 86.9 Å². The molecule has 0 fully saturated rings. The molecule has 2 aromatic carbocycles. The zero-order valence-electron chi connectivity index (χ0n) is 15.3. The second-order valence-corrected chi connectivity index (χ2v) is 6.89. The number of amides is 2. The van der Waals surface area contributed by atoms with Gasteiger partial charge in [0.15, 0.2) is 0 Å². The lowest BCUT2D eigenvalue weighted by Gasteiger charge is -2.08. The summed E-state index contributed by atoms with van der Waals surface area (Å²) in [5.74, 6) is -0.546. The largest absolute Gasteiger partial charge is 0.351 e. The molecule has 3 N–H and O–H groups in total. The van der Waals surface area contributed by atoms with Crippen LogP contribution in [0.2, 0.25) is 5.02 Å². The summed E-state index contributed by atoms with van der Waals surface area (Å²) >= 11 is 5.99. The number of halogens is 1. The van der Waals surface area contributed by atoms with Crippen molar-refractivity contribution in [1.82, 2.24) is 15.3 Å². The van der Waals surface area contributed by atoms with Crippen LogP contribution in [0.25, 0.3) is 10.9 Å². The van der Waals surface area contributed by atoms with Crippen molar-refractivity contribution in [3.8, 4) is 0 Å². The van der Waals surface area contributed by atoms with E-state index in [9.17, 15) is 9.59 Å². The minimum Gasteiger partial charge on any atom is -0.351 e. The number of benzene rings is 2. The van der Waals surface area contributed by atoms with Crippen LogP contribution in [0.15, 0.2) is 72.9 Å². The fourth-order valence-corrected chi connectivity index (χ4v) is 3.12. The third-order valence-corrected chi connectivity index (χ3v) is 4.60. The number of anilines is 1. The van der Waals surface area contributed by atoms with Gasteiger partial charge >= 0.3 is 0 Å². The van der Waals surface area contributed by atoms with Gasteiger partial charge in [0.2, 0.25) is 0 Å². The van der Waals surface area contributed by atoms with E-state index in [1.54, 1.807) is 48.7 Å². The van der Waals surface area contributed by atoms with Crippen LogP contribution in [-0.2, 0) is 6.54 Å². The van der Waals surface area contributed by atoms with Crippen molar-refractivity contribution in [3.05, 3.63) is 94.9 Å². The lowest BCUT2D eigenvalue weighted by Crippen LogP contribution is -2.23. The third kappa shape index (κ3) is 4.44. The van der Waals surface area contributed by atoms with Crippen molar-refractivity contribution in [2.75, 3.05) is 5.32 Å². The van der Waals surface area contributed by atoms with Gasteiger partial charge in [-0.05, 0) is 54.6 Å². The molecule has 0 aliphatic rings. The predicted octanol–water partition coefficient (Wildman–Crippen LogP) is 4.40. The van der Waals surface area contributed by atoms with Crippen LogP contribution in [0.5, 0.6) is 0 Å². The molecule has 7 heteroatoms. The Morgan fingerprint density at radius 1 is 0.966 bits per heavy atom. The van der Waals surface area contributed by atoms with E-state index >= 15 is 0 Å². The molecular weight excluding hydrogens is 388 g/mol. The van der Waals surface area contributed by atoms with E-state index in [0.29, 0.717) is 28.5 Å². The molecule has 0 saturated carbocycles. The molecule has 2 heterocycles. The Hall–Kier alpha value is -3.64. The summed E-state index contributed by atoms with van der Waals surface area (Å²) in [6.45, 7) is 0.327. The zero-order chi connectivity index (χ0) is 20.2. The molecule has 4 aromatic rings. The van der Waals surface area contributed by atoms with Crippen LogP contribution in [0, 0.1) is 0 Å². The van der Waals surface area contributed by atoms with E-state index < -0.39 is 0 Å². The Balaban J connectivity index is 1.44. The number of H-pyrrole nitrogens is 1. The van der Waals surface area contributed by atoms with Crippen molar-refractivity contribution in [1.29, 1.82) is 0 Å². The second-order valence-electron chi connectivity index (χ2n) is 6.45. The summed E-state index contributed by atoms with van der Waals surface area (Å²) in [6, 6.07) is 19.4. The molecule has 144 valence electrons. The van der Waals surface area contributed by atoms with Crippen molar-refractivity contribution in [2.45, 2.75) is 6.54 Å². The maximum Gasteiger partial charge on any atom is 0.272 e. The van der Waals surface area contributed by atoms with E-state index in [4.69, 9.17) is 11.6 Å². The Bertz CT molecular complexity index is 1190. The van der Waals surface area contributed by atoms with Crippen LogP contribution < -0.4 is 10.6 Å². The van der Waals surface area contributed by atoms with Gasteiger partial charge in [-0.3, -0.25) is 14.6 Å². The molecule has 0 aliphatic heterocycles. The van der Waals surface area contributed by atoms with Gasteiger partial charge in [-0.25, -0.2) is 0 Å². The van der Waals surface area contributed by atoms with E-state index in [1.807, 2.05) is 24.3 Å². The van der Waals surface area contributed by atoms with Gasteiger partial charge < -0.3 is 15.6 Å². The minimum absolute atomic E-state index is 0.244. The minimum atomic E-state index is -0.302. The summed E-state index contributed by atoms with van der Waals surface area (Å²) < 4.78 is 0. The lowest BCUT2D eigenvalue weighted by molar-refractivity contribution is 0.0949. The standard InChI is InChI=1S/C22H17ClN4O2/c23-16-7-8-19-15(10-16)12-20(27-19)22(29)26-17-6-3-4-14(11-17)21(28)25-13-18-5-1-2-9-24-18/h1-12,27H,13H2,(H,25,28)(H,26,29). The van der Waals surface area contributed by atoms with Gasteiger partial charge in [-0.15, -0.1) is 0 Å². The molecule has 6 nitrogen and oxygen atoms in total. The van der Waals surface area contributed by atoms with Gasteiger partial charge in [-0.2, -0.15) is 0 Å². The Morgan fingerprint density at radius 3 is 2.69 bits per heavy atom. The quantitative estimate of drug-likeness (QED) is 0.460. The number of rotatable bonds is 5. The number of hydrogen-bond acceptors (Lipinski definition) is 3. The number of nitrogens with one attached hydrogen (secondary N) is 3. The van der Waals surface area contributed by atoms with Crippen molar-refractivity contribution in [2.24, 2.45) is 0 Å². The van der Waals surface area contributed by atoms with E-state index in [0.717, 1.165) is 16.6 Å². The highest BCUT2D eigenvalue weighted by atomic mass is 35.5. The zero-order valence-corrected chi connectivity index (χ0v) is 16.0. The molecule has 0 atom stereocenters. The first-order valence-electron chi connectivity index (χ1n) is 8.96. The number of fused-ring (bicyclic) bond motifs is 1. The molecular formula is C22H17ClN4O2. The Labute approximate surface area is 171 Å². The summed E-state index contributed by atoms with van der Waals surface area (Å²) in [6.07, 6.45) is 1.68. The fraction of sp³-hybridized carbons (Fsp3) is 0.0455. The number of carbonyl (C=O) groups excluding carboxylic acids is 2. The number of carbonyl (C=O) groups is 2. The maximum absolute atomic E-state index is 12.6. The number of aromatic nitrogens is 2. The molecule has 0 saturated heterocycles. The number of aromatic amines is 1. The number of nitrogens with zero attached hydrogens (tertiary/aromatic N) is 1. The van der Waals surface area contributed by atoms with Crippen LogP contribution >= 0.6 is 11.6 Å². The molecule has 4 rings (SSSR count). The predicted molar refractivity (Wildman–Crippen MR) is 113 cm³/mol. The third-order valence-electron chi connectivity index (χ3n) is 4.37. The first-order valence-corrected chi connectivity index (χ1v) is 9.34. The lowest BCUT2D eigenvalue weighted by atomic mass is 10.2. The molecule has 0 spiro atoms.